The lowest BCUT2D eigenvalue weighted by Crippen LogP contribution is -2.33. The van der Waals surface area contributed by atoms with E-state index in [0.717, 1.165) is 44.2 Å². The first-order chi connectivity index (χ1) is 8.80. The van der Waals surface area contributed by atoms with Gasteiger partial charge in [-0.1, -0.05) is 0 Å². The van der Waals surface area contributed by atoms with Gasteiger partial charge in [0.2, 0.25) is 0 Å². The highest BCUT2D eigenvalue weighted by Gasteiger charge is 2.27. The largest absolute Gasteiger partial charge is 0.493 e. The number of rotatable bonds is 4. The third kappa shape index (κ3) is 2.31. The maximum atomic E-state index is 5.36. The lowest BCUT2D eigenvalue weighted by atomic mass is 9.98. The highest BCUT2D eigenvalue weighted by molar-refractivity contribution is 5.48. The first kappa shape index (κ1) is 11.8. The Morgan fingerprint density at radius 3 is 2.50 bits per heavy atom. The second-order valence-corrected chi connectivity index (χ2v) is 4.92. The van der Waals surface area contributed by atoms with E-state index in [0.29, 0.717) is 6.10 Å². The van der Waals surface area contributed by atoms with Gasteiger partial charge in [-0.05, 0) is 29.7 Å². The third-order valence-electron chi connectivity index (χ3n) is 3.66. The minimum Gasteiger partial charge on any atom is -0.493 e. The summed E-state index contributed by atoms with van der Waals surface area (Å²) in [6.07, 6.45) is 1.54. The first-order valence-electron chi connectivity index (χ1n) is 6.38. The predicted octanol–water partition coefficient (Wildman–Crippen LogP) is 1.46. The Balaban J connectivity index is 1.80. The molecule has 2 aliphatic heterocycles. The molecule has 1 aromatic rings. The number of hydrogen-bond donors (Lipinski definition) is 0. The van der Waals surface area contributed by atoms with Crippen LogP contribution in [0.25, 0.3) is 0 Å². The summed E-state index contributed by atoms with van der Waals surface area (Å²) in [4.78, 5) is 2.45. The van der Waals surface area contributed by atoms with Crippen LogP contribution >= 0.6 is 0 Å². The van der Waals surface area contributed by atoms with Crippen molar-refractivity contribution in [2.24, 2.45) is 0 Å². The van der Waals surface area contributed by atoms with Crippen molar-refractivity contribution in [3.05, 3.63) is 23.3 Å². The van der Waals surface area contributed by atoms with E-state index in [-0.39, 0.29) is 0 Å². The molecule has 4 heteroatoms. The highest BCUT2D eigenvalue weighted by Crippen LogP contribution is 2.33. The molecule has 0 saturated carbocycles. The van der Waals surface area contributed by atoms with Crippen LogP contribution in [0, 0.1) is 0 Å². The van der Waals surface area contributed by atoms with Crippen LogP contribution in [0.5, 0.6) is 11.5 Å². The van der Waals surface area contributed by atoms with Crippen molar-refractivity contribution in [2.45, 2.75) is 19.1 Å². The van der Waals surface area contributed by atoms with Crippen LogP contribution < -0.4 is 9.47 Å². The number of nitrogens with zero attached hydrogens (tertiary/aromatic N) is 1. The van der Waals surface area contributed by atoms with Crippen molar-refractivity contribution in [1.29, 1.82) is 0 Å². The minimum absolute atomic E-state index is 0.465. The zero-order chi connectivity index (χ0) is 12.5. The lowest BCUT2D eigenvalue weighted by molar-refractivity contribution is 0.225. The van der Waals surface area contributed by atoms with Gasteiger partial charge in [-0.25, -0.2) is 0 Å². The molecule has 1 fully saturated rings. The van der Waals surface area contributed by atoms with E-state index in [9.17, 15) is 0 Å². The fraction of sp³-hybridized carbons (Fsp3) is 0.571. The molecule has 3 rings (SSSR count). The number of benzene rings is 1. The van der Waals surface area contributed by atoms with Gasteiger partial charge < -0.3 is 14.2 Å². The van der Waals surface area contributed by atoms with E-state index in [1.54, 1.807) is 14.2 Å². The van der Waals surface area contributed by atoms with Crippen LogP contribution in [0.1, 0.15) is 11.1 Å². The SMILES string of the molecule is COc1cc2c(cc1OC)CN(C[C@H]1CO1)CC2. The van der Waals surface area contributed by atoms with Crippen molar-refractivity contribution in [3.63, 3.8) is 0 Å². The van der Waals surface area contributed by atoms with Crippen molar-refractivity contribution in [3.8, 4) is 11.5 Å². The Morgan fingerprint density at radius 2 is 1.89 bits per heavy atom. The van der Waals surface area contributed by atoms with Gasteiger partial charge in [0, 0.05) is 19.6 Å². The molecule has 18 heavy (non-hydrogen) atoms. The maximum absolute atomic E-state index is 5.36. The lowest BCUT2D eigenvalue weighted by Gasteiger charge is -2.29. The van der Waals surface area contributed by atoms with Gasteiger partial charge in [0.25, 0.3) is 0 Å². The molecular weight excluding hydrogens is 230 g/mol. The molecule has 0 bridgehead atoms. The Kier molecular flexibility index (Phi) is 3.14. The zero-order valence-electron chi connectivity index (χ0n) is 10.9. The minimum atomic E-state index is 0.465. The van der Waals surface area contributed by atoms with E-state index in [1.165, 1.54) is 11.1 Å². The number of epoxide rings is 1. The third-order valence-corrected chi connectivity index (χ3v) is 3.66. The molecule has 1 saturated heterocycles. The molecule has 0 spiro atoms. The summed E-state index contributed by atoms with van der Waals surface area (Å²) in [5.41, 5.74) is 2.72. The number of fused-ring (bicyclic) bond motifs is 1. The maximum Gasteiger partial charge on any atom is 0.161 e. The van der Waals surface area contributed by atoms with Crippen LogP contribution in [0.4, 0.5) is 0 Å². The number of ether oxygens (including phenoxy) is 3. The molecule has 0 radical (unpaired) electrons. The molecule has 98 valence electrons. The normalized spacial score (nSPS) is 22.4. The topological polar surface area (TPSA) is 34.2 Å². The van der Waals surface area contributed by atoms with Gasteiger partial charge in [-0.2, -0.15) is 0 Å². The van der Waals surface area contributed by atoms with E-state index in [1.807, 2.05) is 0 Å². The average Bonchev–Trinajstić information content (AvgIpc) is 3.21. The highest BCUT2D eigenvalue weighted by atomic mass is 16.6. The Bertz CT molecular complexity index is 443. The van der Waals surface area contributed by atoms with Gasteiger partial charge >= 0.3 is 0 Å². The second kappa shape index (κ2) is 4.78. The molecule has 1 aromatic carbocycles. The van der Waals surface area contributed by atoms with Gasteiger partial charge in [-0.3, -0.25) is 4.90 Å². The summed E-state index contributed by atoms with van der Waals surface area (Å²) >= 11 is 0. The summed E-state index contributed by atoms with van der Waals surface area (Å²) in [5.74, 6) is 1.65. The Morgan fingerprint density at radius 1 is 1.22 bits per heavy atom. The summed E-state index contributed by atoms with van der Waals surface area (Å²) in [5, 5.41) is 0. The second-order valence-electron chi connectivity index (χ2n) is 4.92. The van der Waals surface area contributed by atoms with E-state index in [4.69, 9.17) is 14.2 Å². The van der Waals surface area contributed by atoms with Crippen LogP contribution in [0.3, 0.4) is 0 Å². The summed E-state index contributed by atoms with van der Waals surface area (Å²) in [7, 11) is 3.37. The Labute approximate surface area is 107 Å². The van der Waals surface area contributed by atoms with Gasteiger partial charge in [0.05, 0.1) is 26.9 Å². The zero-order valence-corrected chi connectivity index (χ0v) is 10.9. The molecule has 0 amide bonds. The van der Waals surface area contributed by atoms with Gasteiger partial charge in [0.15, 0.2) is 11.5 Å². The molecular formula is C14H19NO3. The summed E-state index contributed by atoms with van der Waals surface area (Å²) in [6.45, 7) is 4.06. The quantitative estimate of drug-likeness (QED) is 0.757. The number of hydrogen-bond acceptors (Lipinski definition) is 4. The summed E-state index contributed by atoms with van der Waals surface area (Å²) in [6, 6.07) is 4.22. The fourth-order valence-electron chi connectivity index (χ4n) is 2.56. The van der Waals surface area contributed by atoms with E-state index in [2.05, 4.69) is 17.0 Å². The van der Waals surface area contributed by atoms with Crippen molar-refractivity contribution < 1.29 is 14.2 Å². The van der Waals surface area contributed by atoms with Crippen LogP contribution in [-0.4, -0.2) is 44.9 Å². The molecule has 0 aliphatic carbocycles. The summed E-state index contributed by atoms with van der Waals surface area (Å²) < 4.78 is 16.0. The van der Waals surface area contributed by atoms with Crippen molar-refractivity contribution in [2.75, 3.05) is 33.9 Å². The monoisotopic (exact) mass is 249 g/mol. The van der Waals surface area contributed by atoms with Crippen molar-refractivity contribution >= 4 is 0 Å². The van der Waals surface area contributed by atoms with Crippen LogP contribution in [-0.2, 0) is 17.7 Å². The molecule has 0 N–H and O–H groups in total. The molecule has 0 aromatic heterocycles. The standard InChI is InChI=1S/C14H19NO3/c1-16-13-5-10-3-4-15(8-12-9-18-12)7-11(10)6-14(13)17-2/h5-6,12H,3-4,7-9H2,1-2H3/t12-/m0/s1. The van der Waals surface area contributed by atoms with Gasteiger partial charge in [0.1, 0.15) is 0 Å². The first-order valence-corrected chi connectivity index (χ1v) is 6.38. The van der Waals surface area contributed by atoms with Crippen LogP contribution in [0.2, 0.25) is 0 Å². The molecule has 2 aliphatic rings. The van der Waals surface area contributed by atoms with E-state index >= 15 is 0 Å². The van der Waals surface area contributed by atoms with Gasteiger partial charge in [-0.15, -0.1) is 0 Å². The molecule has 0 unspecified atom stereocenters. The smallest absolute Gasteiger partial charge is 0.161 e. The van der Waals surface area contributed by atoms with E-state index < -0.39 is 0 Å². The molecule has 2 heterocycles. The Hall–Kier alpha value is -1.26. The molecule has 1 atom stereocenters. The average molecular weight is 249 g/mol. The van der Waals surface area contributed by atoms with Crippen LogP contribution in [0.15, 0.2) is 12.1 Å². The predicted molar refractivity (Wildman–Crippen MR) is 68.3 cm³/mol. The van der Waals surface area contributed by atoms with Crippen molar-refractivity contribution in [1.82, 2.24) is 4.90 Å². The fourth-order valence-corrected chi connectivity index (χ4v) is 2.56. The molecule has 4 nitrogen and oxygen atoms in total. The number of methoxy groups -OCH3 is 2.